The molecule has 0 spiro atoms. The normalized spacial score (nSPS) is 20.4. The number of hydrogen-bond acceptors (Lipinski definition) is 18. The average Bonchev–Trinajstić information content (AvgIpc) is 3.79. The van der Waals surface area contributed by atoms with Crippen LogP contribution < -0.4 is 16.4 Å². The number of aliphatic hydroxyl groups excluding tert-OH is 2. The minimum Gasteiger partial charge on any atom is -0.386 e. The fourth-order valence-electron chi connectivity index (χ4n) is 6.35. The number of aromatic nitrogens is 4. The van der Waals surface area contributed by atoms with Gasteiger partial charge in [0.1, 0.15) is 36.3 Å². The van der Waals surface area contributed by atoms with Crippen molar-refractivity contribution in [2.24, 2.45) is 5.41 Å². The number of hydrogen-bond donors (Lipinski definition) is 9. The van der Waals surface area contributed by atoms with Crippen molar-refractivity contribution in [3.63, 3.8) is 0 Å². The molecule has 370 valence electrons. The number of aliphatic hydroxyl groups is 2. The molecule has 1 aliphatic rings. The molecule has 65 heavy (non-hydrogen) atoms. The van der Waals surface area contributed by atoms with E-state index in [-0.39, 0.29) is 41.6 Å². The van der Waals surface area contributed by atoms with Crippen LogP contribution in [0, 0.1) is 5.41 Å². The Kier molecular flexibility index (Phi) is 23.8. The number of anilines is 1. The van der Waals surface area contributed by atoms with E-state index in [4.69, 9.17) is 19.5 Å². The highest BCUT2D eigenvalue weighted by molar-refractivity contribution is 8.13. The highest BCUT2D eigenvalue weighted by Crippen LogP contribution is 2.61. The summed E-state index contributed by atoms with van der Waals surface area (Å²) < 4.78 is 62.4. The fraction of sp³-hybridized carbons (Fsp3) is 0.730. The van der Waals surface area contributed by atoms with Gasteiger partial charge in [0.2, 0.25) is 11.8 Å². The van der Waals surface area contributed by atoms with E-state index in [0.29, 0.717) is 12.2 Å². The molecule has 1 fully saturated rings. The lowest BCUT2D eigenvalue weighted by Gasteiger charge is -2.30. The molecule has 0 aromatic carbocycles. The van der Waals surface area contributed by atoms with E-state index in [0.717, 1.165) is 73.9 Å². The van der Waals surface area contributed by atoms with E-state index in [1.165, 1.54) is 39.5 Å². The second-order valence-electron chi connectivity index (χ2n) is 15.9. The van der Waals surface area contributed by atoms with Crippen LogP contribution in [0.5, 0.6) is 0 Å². The lowest BCUT2D eigenvalue weighted by molar-refractivity contribution is -0.137. The number of thioether (sulfide) groups is 1. The molecule has 7 atom stereocenters. The fourth-order valence-corrected chi connectivity index (χ4v) is 9.90. The number of nitrogens with zero attached hydrogens (tertiary/aromatic N) is 4. The van der Waals surface area contributed by atoms with E-state index >= 15 is 0 Å². The number of carbonyl (C=O) groups is 3. The number of carbonyl (C=O) groups excluding carboxylic acids is 3. The van der Waals surface area contributed by atoms with Crippen molar-refractivity contribution in [2.75, 3.05) is 37.8 Å². The summed E-state index contributed by atoms with van der Waals surface area (Å²) in [4.78, 5) is 88.2. The number of rotatable bonds is 32. The molecule has 0 bridgehead atoms. The first-order valence-corrected chi connectivity index (χ1v) is 26.8. The topological polar surface area (TPSA) is 364 Å². The van der Waals surface area contributed by atoms with Crippen molar-refractivity contribution in [3.8, 4) is 0 Å². The Bertz CT molecular complexity index is 2010. The highest BCUT2D eigenvalue weighted by Gasteiger charge is 2.50. The van der Waals surface area contributed by atoms with Gasteiger partial charge < -0.3 is 50.9 Å². The summed E-state index contributed by atoms with van der Waals surface area (Å²) in [6.07, 6.45) is 10.7. The number of phosphoric acid groups is 3. The summed E-state index contributed by atoms with van der Waals surface area (Å²) in [7, 11) is -16.4. The lowest BCUT2D eigenvalue weighted by Crippen LogP contribution is -2.46. The van der Waals surface area contributed by atoms with E-state index in [1.807, 2.05) is 0 Å². The van der Waals surface area contributed by atoms with Gasteiger partial charge in [-0.05, 0) is 32.1 Å². The number of imidazole rings is 1. The highest BCUT2D eigenvalue weighted by atomic mass is 32.2. The first-order chi connectivity index (χ1) is 30.6. The molecule has 10 N–H and O–H groups in total. The van der Waals surface area contributed by atoms with Gasteiger partial charge in [-0.1, -0.05) is 83.2 Å². The third kappa shape index (κ3) is 20.6. The molecule has 7 unspecified atom stereocenters. The number of ether oxygens (including phenoxy) is 1. The number of nitrogens with one attached hydrogen (secondary N) is 2. The first-order valence-electron chi connectivity index (χ1n) is 21.3. The molecular weight excluding hydrogens is 939 g/mol. The van der Waals surface area contributed by atoms with Crippen LogP contribution in [0.15, 0.2) is 24.8 Å². The van der Waals surface area contributed by atoms with Gasteiger partial charge in [0, 0.05) is 37.1 Å². The molecule has 1 saturated heterocycles. The molecule has 2 aromatic rings. The molecule has 3 heterocycles. The summed E-state index contributed by atoms with van der Waals surface area (Å²) in [5.41, 5.74) is 4.28. The van der Waals surface area contributed by atoms with E-state index in [2.05, 4.69) is 53.5 Å². The van der Waals surface area contributed by atoms with E-state index < -0.39 is 84.6 Å². The van der Waals surface area contributed by atoms with E-state index in [9.17, 15) is 57.9 Å². The van der Waals surface area contributed by atoms with Crippen LogP contribution in [-0.4, -0.2) is 123 Å². The van der Waals surface area contributed by atoms with E-state index in [1.54, 1.807) is 0 Å². The van der Waals surface area contributed by atoms with Crippen molar-refractivity contribution in [2.45, 2.75) is 135 Å². The summed E-state index contributed by atoms with van der Waals surface area (Å²) >= 11 is 1.15. The predicted molar refractivity (Wildman–Crippen MR) is 237 cm³/mol. The van der Waals surface area contributed by atoms with Crippen molar-refractivity contribution < 1.29 is 80.5 Å². The predicted octanol–water partition coefficient (Wildman–Crippen LogP) is 3.92. The maximum atomic E-state index is 12.7. The van der Waals surface area contributed by atoms with Crippen LogP contribution >= 0.6 is 35.2 Å². The van der Waals surface area contributed by atoms with Crippen molar-refractivity contribution in [1.29, 1.82) is 0 Å². The number of allylic oxidation sites excluding steroid dienone is 2. The number of fused-ring (bicyclic) bond motifs is 1. The maximum Gasteiger partial charge on any atom is 0.481 e. The van der Waals surface area contributed by atoms with Gasteiger partial charge in [-0.15, -0.1) is 0 Å². The molecule has 2 amide bonds. The largest absolute Gasteiger partial charge is 0.481 e. The van der Waals surface area contributed by atoms with Gasteiger partial charge in [0.05, 0.1) is 19.5 Å². The molecule has 3 rings (SSSR count). The smallest absolute Gasteiger partial charge is 0.386 e. The summed E-state index contributed by atoms with van der Waals surface area (Å²) in [6, 6.07) is 0. The Hall–Kier alpha value is -2.70. The van der Waals surface area contributed by atoms with Gasteiger partial charge in [0.15, 0.2) is 22.8 Å². The summed E-state index contributed by atoms with van der Waals surface area (Å²) in [6.45, 7) is 2.77. The number of nitrogen functional groups attached to an aromatic ring is 1. The average molecular weight is 1000 g/mol. The zero-order valence-corrected chi connectivity index (χ0v) is 40.2. The third-order valence-corrected chi connectivity index (χ3v) is 13.9. The number of nitrogens with two attached hydrogens (primary N) is 1. The first kappa shape index (κ1) is 56.6. The Labute approximate surface area is 381 Å². The SMILES string of the molecule is CCCCCC/C=C\CCCCCCCC(=O)SCCNC(=O)CCNC(=O)C(O)C(C)(C)COP(=O)(O)OP(=O)(O)OCC1OC(n2cnc3c(N)ncnc32)C(O)C1OP(=O)(O)O. The number of unbranched alkanes of at least 4 members (excludes halogenated alkanes) is 9. The van der Waals surface area contributed by atoms with Crippen molar-refractivity contribution in [3.05, 3.63) is 24.8 Å². The van der Waals surface area contributed by atoms with Gasteiger partial charge in [0.25, 0.3) is 0 Å². The van der Waals surface area contributed by atoms with Gasteiger partial charge in [-0.3, -0.25) is 32.5 Å². The minimum atomic E-state index is -5.57. The molecule has 0 radical (unpaired) electrons. The van der Waals surface area contributed by atoms with Crippen LogP contribution in [0.4, 0.5) is 5.82 Å². The Morgan fingerprint density at radius 3 is 2.25 bits per heavy atom. The summed E-state index contributed by atoms with van der Waals surface area (Å²) in [5.74, 6) is -1.03. The number of amides is 2. The second-order valence-corrected chi connectivity index (χ2v) is 21.3. The maximum absolute atomic E-state index is 12.7. The van der Waals surface area contributed by atoms with Gasteiger partial charge in [-0.25, -0.2) is 28.6 Å². The molecule has 28 heteroatoms. The van der Waals surface area contributed by atoms with Crippen LogP contribution in [-0.2, 0) is 50.7 Å². The van der Waals surface area contributed by atoms with Crippen LogP contribution in [0.3, 0.4) is 0 Å². The molecule has 0 aliphatic carbocycles. The number of phosphoric ester groups is 3. The van der Waals surface area contributed by atoms with Crippen LogP contribution in [0.1, 0.15) is 110 Å². The zero-order valence-electron chi connectivity index (χ0n) is 36.7. The molecule has 0 saturated carbocycles. The third-order valence-electron chi connectivity index (χ3n) is 9.91. The second kappa shape index (κ2) is 27.3. The quantitative estimate of drug-likeness (QED) is 0.0285. The van der Waals surface area contributed by atoms with Gasteiger partial charge in [-0.2, -0.15) is 4.31 Å². The zero-order chi connectivity index (χ0) is 48.3. The van der Waals surface area contributed by atoms with Crippen LogP contribution in [0.25, 0.3) is 11.2 Å². The Morgan fingerprint density at radius 1 is 0.923 bits per heavy atom. The van der Waals surface area contributed by atoms with Crippen molar-refractivity contribution in [1.82, 2.24) is 30.2 Å². The van der Waals surface area contributed by atoms with Gasteiger partial charge >= 0.3 is 23.5 Å². The lowest BCUT2D eigenvalue weighted by atomic mass is 9.87. The van der Waals surface area contributed by atoms with Crippen molar-refractivity contribution >= 4 is 69.1 Å². The summed E-state index contributed by atoms with van der Waals surface area (Å²) in [5, 5.41) is 26.6. The van der Waals surface area contributed by atoms with Crippen LogP contribution in [0.2, 0.25) is 0 Å². The molecule has 2 aromatic heterocycles. The molecule has 1 aliphatic heterocycles. The molecular formula is C37H64N7O17P3S. The standard InChI is InChI=1S/C37H64N7O17P3S/c1-4-5-6-7-8-9-10-11-12-13-14-15-16-17-28(46)65-21-20-39-27(45)18-19-40-35(49)32(48)37(2,3)23-58-64(55,56)61-63(53,54)57-22-26-31(60-62(50,51)52)30(47)36(59-26)44-25-43-29-33(38)41-24-42-34(29)44/h9-10,24-26,30-32,36,47-48H,4-8,11-23H2,1-3H3,(H,39,45)(H,40,49)(H,53,54)(H,55,56)(H2,38,41,42)(H2,50,51,52)/b10-9-. The monoisotopic (exact) mass is 1000 g/mol. The molecule has 24 nitrogen and oxygen atoms in total. The minimum absolute atomic E-state index is 0.0328. The Balaban J connectivity index is 1.33. The Morgan fingerprint density at radius 2 is 1.57 bits per heavy atom.